The average molecular weight is 717 g/mol. The van der Waals surface area contributed by atoms with E-state index in [1.54, 1.807) is 0 Å². The van der Waals surface area contributed by atoms with Gasteiger partial charge in [-0.15, -0.1) is 0 Å². The van der Waals surface area contributed by atoms with Gasteiger partial charge in [-0.25, -0.2) is 0 Å². The minimum absolute atomic E-state index is 0.0710. The number of carbonyl (C=O) groups excluding carboxylic acids is 2. The summed E-state index contributed by atoms with van der Waals surface area (Å²) in [6.07, 6.45) is 52.1. The molecule has 0 saturated carbocycles. The monoisotopic (exact) mass is 717 g/mol. The highest BCUT2D eigenvalue weighted by molar-refractivity contribution is 5.70. The first-order valence-electron chi connectivity index (χ1n) is 22.0. The summed E-state index contributed by atoms with van der Waals surface area (Å²) in [4.78, 5) is 24.3. The zero-order valence-electron chi connectivity index (χ0n) is 33.9. The predicted octanol–water partition coefficient (Wildman–Crippen LogP) is 14.0. The molecule has 5 nitrogen and oxygen atoms in total. The standard InChI is InChI=1S/C46H84O5/c1-3-5-7-9-11-13-15-17-19-21-22-23-24-25-27-28-30-32-34-36-38-40-45(48)50-43-44(42-47)51-46(49)41-39-37-35-33-31-29-26-20-18-16-14-12-10-8-6-4-2/h14,16,20-22,26,44,47H,3-13,15,17-19,23-25,27-43H2,1-2H3/b16-14-,22-21-,26-20-. The third kappa shape index (κ3) is 40.7. The van der Waals surface area contributed by atoms with E-state index in [4.69, 9.17) is 9.47 Å². The Labute approximate surface area is 316 Å². The van der Waals surface area contributed by atoms with Crippen LogP contribution in [-0.2, 0) is 19.1 Å². The van der Waals surface area contributed by atoms with Crippen molar-refractivity contribution in [2.24, 2.45) is 0 Å². The van der Waals surface area contributed by atoms with Gasteiger partial charge in [0.15, 0.2) is 6.10 Å². The Kier molecular flexibility index (Phi) is 41.0. The first-order valence-corrected chi connectivity index (χ1v) is 22.0. The van der Waals surface area contributed by atoms with Crippen molar-refractivity contribution in [1.29, 1.82) is 0 Å². The molecule has 0 aliphatic carbocycles. The number of esters is 2. The Bertz CT molecular complexity index is 816. The lowest BCUT2D eigenvalue weighted by Crippen LogP contribution is -2.28. The molecule has 0 bridgehead atoms. The fourth-order valence-electron chi connectivity index (χ4n) is 6.29. The number of aliphatic hydroxyl groups is 1. The van der Waals surface area contributed by atoms with Crippen LogP contribution >= 0.6 is 0 Å². The van der Waals surface area contributed by atoms with E-state index in [1.807, 2.05) is 0 Å². The van der Waals surface area contributed by atoms with Crippen LogP contribution in [0.25, 0.3) is 0 Å². The third-order valence-corrected chi connectivity index (χ3v) is 9.66. The summed E-state index contributed by atoms with van der Waals surface area (Å²) in [5, 5.41) is 9.58. The van der Waals surface area contributed by atoms with Gasteiger partial charge in [-0.3, -0.25) is 9.59 Å². The molecule has 0 rings (SSSR count). The van der Waals surface area contributed by atoms with E-state index in [-0.39, 0.29) is 25.2 Å². The van der Waals surface area contributed by atoms with Gasteiger partial charge in [0.05, 0.1) is 6.61 Å². The van der Waals surface area contributed by atoms with Gasteiger partial charge in [0.2, 0.25) is 0 Å². The second-order valence-corrected chi connectivity index (χ2v) is 14.8. The quantitative estimate of drug-likeness (QED) is 0.0388. The van der Waals surface area contributed by atoms with Crippen LogP contribution in [0, 0.1) is 0 Å². The lowest BCUT2D eigenvalue weighted by molar-refractivity contribution is -0.161. The van der Waals surface area contributed by atoms with E-state index in [0.717, 1.165) is 51.4 Å². The van der Waals surface area contributed by atoms with Crippen LogP contribution in [0.5, 0.6) is 0 Å². The molecule has 1 atom stereocenters. The van der Waals surface area contributed by atoms with Crippen LogP contribution in [0.2, 0.25) is 0 Å². The molecule has 0 aromatic carbocycles. The molecule has 0 radical (unpaired) electrons. The van der Waals surface area contributed by atoms with Gasteiger partial charge in [-0.2, -0.15) is 0 Å². The molecule has 5 heteroatoms. The largest absolute Gasteiger partial charge is 0.462 e. The van der Waals surface area contributed by atoms with Crippen molar-refractivity contribution < 1.29 is 24.2 Å². The highest BCUT2D eigenvalue weighted by atomic mass is 16.6. The SMILES string of the molecule is CCCCCC/C=C\C/C=C\CCCCCCCC(=O)OC(CO)COC(=O)CCCCCCCCCCC/C=C\CCCCCCCCCC. The van der Waals surface area contributed by atoms with Gasteiger partial charge in [-0.05, 0) is 70.6 Å². The van der Waals surface area contributed by atoms with E-state index in [0.29, 0.717) is 12.8 Å². The van der Waals surface area contributed by atoms with Crippen molar-refractivity contribution >= 4 is 11.9 Å². The van der Waals surface area contributed by atoms with E-state index in [9.17, 15) is 14.7 Å². The molecular formula is C46H84O5. The minimum Gasteiger partial charge on any atom is -0.462 e. The fraction of sp³-hybridized carbons (Fsp3) is 0.826. The molecule has 0 heterocycles. The van der Waals surface area contributed by atoms with Gasteiger partial charge in [0.25, 0.3) is 0 Å². The lowest BCUT2D eigenvalue weighted by atomic mass is 10.1. The van der Waals surface area contributed by atoms with E-state index < -0.39 is 6.10 Å². The molecule has 0 aliphatic heterocycles. The number of carbonyl (C=O) groups is 2. The molecule has 0 amide bonds. The molecule has 51 heavy (non-hydrogen) atoms. The van der Waals surface area contributed by atoms with E-state index >= 15 is 0 Å². The van der Waals surface area contributed by atoms with Crippen molar-refractivity contribution in [2.75, 3.05) is 13.2 Å². The number of hydrogen-bond donors (Lipinski definition) is 1. The molecule has 0 aromatic heterocycles. The molecule has 0 spiro atoms. The van der Waals surface area contributed by atoms with E-state index in [1.165, 1.54) is 148 Å². The minimum atomic E-state index is -0.778. The summed E-state index contributed by atoms with van der Waals surface area (Å²) in [5.41, 5.74) is 0. The Morgan fingerprint density at radius 1 is 0.451 bits per heavy atom. The van der Waals surface area contributed by atoms with Gasteiger partial charge in [0, 0.05) is 12.8 Å². The summed E-state index contributed by atoms with van der Waals surface area (Å²) >= 11 is 0. The van der Waals surface area contributed by atoms with E-state index in [2.05, 4.69) is 50.3 Å². The van der Waals surface area contributed by atoms with Gasteiger partial charge in [0.1, 0.15) is 6.61 Å². The van der Waals surface area contributed by atoms with Crippen molar-refractivity contribution in [3.05, 3.63) is 36.5 Å². The first-order chi connectivity index (χ1) is 25.1. The van der Waals surface area contributed by atoms with Crippen LogP contribution in [0.15, 0.2) is 36.5 Å². The Morgan fingerprint density at radius 3 is 1.20 bits per heavy atom. The number of ether oxygens (including phenoxy) is 2. The summed E-state index contributed by atoms with van der Waals surface area (Å²) in [6, 6.07) is 0. The fourth-order valence-corrected chi connectivity index (χ4v) is 6.29. The molecular weight excluding hydrogens is 633 g/mol. The van der Waals surface area contributed by atoms with Crippen LogP contribution in [-0.4, -0.2) is 36.4 Å². The number of hydrogen-bond acceptors (Lipinski definition) is 5. The van der Waals surface area contributed by atoms with Crippen molar-refractivity contribution in [3.63, 3.8) is 0 Å². The van der Waals surface area contributed by atoms with Crippen molar-refractivity contribution in [1.82, 2.24) is 0 Å². The number of rotatable bonds is 40. The van der Waals surface area contributed by atoms with Gasteiger partial charge in [-0.1, -0.05) is 179 Å². The van der Waals surface area contributed by atoms with Crippen LogP contribution in [0.1, 0.15) is 226 Å². The number of allylic oxidation sites excluding steroid dienone is 6. The Hall–Kier alpha value is -1.88. The van der Waals surface area contributed by atoms with Crippen LogP contribution < -0.4 is 0 Å². The predicted molar refractivity (Wildman–Crippen MR) is 219 cm³/mol. The maximum absolute atomic E-state index is 12.2. The second kappa shape index (κ2) is 42.5. The lowest BCUT2D eigenvalue weighted by Gasteiger charge is -2.15. The summed E-state index contributed by atoms with van der Waals surface area (Å²) in [5.74, 6) is -0.604. The van der Waals surface area contributed by atoms with Crippen LogP contribution in [0.4, 0.5) is 0 Å². The molecule has 298 valence electrons. The summed E-state index contributed by atoms with van der Waals surface area (Å²) < 4.78 is 10.6. The third-order valence-electron chi connectivity index (χ3n) is 9.66. The molecule has 0 fully saturated rings. The average Bonchev–Trinajstić information content (AvgIpc) is 3.13. The highest BCUT2D eigenvalue weighted by Gasteiger charge is 2.16. The van der Waals surface area contributed by atoms with Gasteiger partial charge >= 0.3 is 11.9 Å². The normalized spacial score (nSPS) is 12.5. The van der Waals surface area contributed by atoms with Crippen molar-refractivity contribution in [2.45, 2.75) is 232 Å². The molecule has 1 unspecified atom stereocenters. The molecule has 0 aromatic rings. The highest BCUT2D eigenvalue weighted by Crippen LogP contribution is 2.14. The Morgan fingerprint density at radius 2 is 0.784 bits per heavy atom. The maximum Gasteiger partial charge on any atom is 0.306 e. The van der Waals surface area contributed by atoms with Crippen LogP contribution in [0.3, 0.4) is 0 Å². The van der Waals surface area contributed by atoms with Gasteiger partial charge < -0.3 is 14.6 Å². The summed E-state index contributed by atoms with van der Waals surface area (Å²) in [6.45, 7) is 4.12. The molecule has 0 aliphatic rings. The topological polar surface area (TPSA) is 72.8 Å². The molecule has 0 saturated heterocycles. The first kappa shape index (κ1) is 49.1. The smallest absolute Gasteiger partial charge is 0.306 e. The second-order valence-electron chi connectivity index (χ2n) is 14.8. The summed E-state index contributed by atoms with van der Waals surface area (Å²) in [7, 11) is 0. The zero-order valence-corrected chi connectivity index (χ0v) is 33.9. The maximum atomic E-state index is 12.2. The number of unbranched alkanes of at least 4 members (excludes halogenated alkanes) is 26. The number of aliphatic hydroxyl groups excluding tert-OH is 1. The van der Waals surface area contributed by atoms with Crippen molar-refractivity contribution in [3.8, 4) is 0 Å². The molecule has 1 N–H and O–H groups in total. The zero-order chi connectivity index (χ0) is 37.1. The Balaban J connectivity index is 3.53.